The number of hydrogen-bond donors (Lipinski definition) is 1. The van der Waals surface area contributed by atoms with Gasteiger partial charge in [0, 0.05) is 24.3 Å². The second-order valence-corrected chi connectivity index (χ2v) is 3.95. The van der Waals surface area contributed by atoms with Gasteiger partial charge in [0.1, 0.15) is 12.1 Å². The van der Waals surface area contributed by atoms with Crippen molar-refractivity contribution < 1.29 is 0 Å². The standard InChI is InChI=1S/C14H12N4.ClH/c1-2-6-13-12(5-1)14(18-10-17-13)16-9-11-4-3-7-15-8-11;/h1-8,10H,9H2,(H,16,17,18);1H. The Balaban J connectivity index is 0.00000133. The molecule has 2 aromatic heterocycles. The first-order valence-electron chi connectivity index (χ1n) is 5.76. The molecular weight excluding hydrogens is 260 g/mol. The topological polar surface area (TPSA) is 50.7 Å². The van der Waals surface area contributed by atoms with Gasteiger partial charge in [-0.2, -0.15) is 0 Å². The number of para-hydroxylation sites is 1. The SMILES string of the molecule is Cl.c1cncc(CNc2ncnc3ccccc23)c1. The summed E-state index contributed by atoms with van der Waals surface area (Å²) >= 11 is 0. The quantitative estimate of drug-likeness (QED) is 0.796. The predicted molar refractivity (Wildman–Crippen MR) is 78.3 cm³/mol. The summed E-state index contributed by atoms with van der Waals surface area (Å²) in [6.45, 7) is 0.703. The number of aromatic nitrogens is 3. The Bertz CT molecular complexity index is 652. The number of benzene rings is 1. The third-order valence-electron chi connectivity index (χ3n) is 2.73. The molecule has 0 radical (unpaired) electrons. The van der Waals surface area contributed by atoms with E-state index >= 15 is 0 Å². The Morgan fingerprint density at radius 3 is 2.74 bits per heavy atom. The predicted octanol–water partition coefficient (Wildman–Crippen LogP) is 3.06. The van der Waals surface area contributed by atoms with Crippen LogP contribution >= 0.6 is 12.4 Å². The van der Waals surface area contributed by atoms with E-state index in [0.717, 1.165) is 22.3 Å². The van der Waals surface area contributed by atoms with E-state index in [4.69, 9.17) is 0 Å². The van der Waals surface area contributed by atoms with Gasteiger partial charge in [0.2, 0.25) is 0 Å². The average Bonchev–Trinajstić information content (AvgIpc) is 2.46. The molecule has 4 nitrogen and oxygen atoms in total. The van der Waals surface area contributed by atoms with Crippen LogP contribution in [0, 0.1) is 0 Å². The van der Waals surface area contributed by atoms with Crippen molar-refractivity contribution in [3.05, 3.63) is 60.7 Å². The van der Waals surface area contributed by atoms with E-state index in [0.29, 0.717) is 6.54 Å². The van der Waals surface area contributed by atoms with Gasteiger partial charge in [-0.15, -0.1) is 12.4 Å². The third kappa shape index (κ3) is 2.98. The fraction of sp³-hybridized carbons (Fsp3) is 0.0714. The molecule has 2 heterocycles. The van der Waals surface area contributed by atoms with E-state index in [1.807, 2.05) is 42.6 Å². The summed E-state index contributed by atoms with van der Waals surface area (Å²) in [6.07, 6.45) is 5.19. The van der Waals surface area contributed by atoms with Crippen LogP contribution in [0.15, 0.2) is 55.1 Å². The highest BCUT2D eigenvalue weighted by Crippen LogP contribution is 2.18. The summed E-state index contributed by atoms with van der Waals surface area (Å²) in [5.41, 5.74) is 2.07. The van der Waals surface area contributed by atoms with Crippen LogP contribution in [-0.2, 0) is 6.54 Å². The molecule has 96 valence electrons. The van der Waals surface area contributed by atoms with E-state index in [2.05, 4.69) is 20.3 Å². The molecule has 0 spiro atoms. The number of nitrogens with one attached hydrogen (secondary N) is 1. The zero-order chi connectivity index (χ0) is 12.2. The number of fused-ring (bicyclic) bond motifs is 1. The van der Waals surface area contributed by atoms with Gasteiger partial charge in [-0.1, -0.05) is 18.2 Å². The Morgan fingerprint density at radius 2 is 1.89 bits per heavy atom. The summed E-state index contributed by atoms with van der Waals surface area (Å²) in [4.78, 5) is 12.6. The summed E-state index contributed by atoms with van der Waals surface area (Å²) in [5, 5.41) is 4.34. The number of hydrogen-bond acceptors (Lipinski definition) is 4. The molecule has 0 saturated heterocycles. The van der Waals surface area contributed by atoms with Crippen LogP contribution in [-0.4, -0.2) is 15.0 Å². The van der Waals surface area contributed by atoms with E-state index in [9.17, 15) is 0 Å². The van der Waals surface area contributed by atoms with Crippen LogP contribution in [0.2, 0.25) is 0 Å². The lowest BCUT2D eigenvalue weighted by Gasteiger charge is -2.07. The molecule has 0 saturated carbocycles. The van der Waals surface area contributed by atoms with Crippen molar-refractivity contribution in [1.29, 1.82) is 0 Å². The van der Waals surface area contributed by atoms with Crippen molar-refractivity contribution in [1.82, 2.24) is 15.0 Å². The fourth-order valence-electron chi connectivity index (χ4n) is 1.83. The maximum Gasteiger partial charge on any atom is 0.137 e. The number of rotatable bonds is 3. The molecular formula is C14H13ClN4. The Hall–Kier alpha value is -2.20. The number of nitrogens with zero attached hydrogens (tertiary/aromatic N) is 3. The summed E-state index contributed by atoms with van der Waals surface area (Å²) < 4.78 is 0. The third-order valence-corrected chi connectivity index (χ3v) is 2.73. The molecule has 0 unspecified atom stereocenters. The van der Waals surface area contributed by atoms with Gasteiger partial charge < -0.3 is 5.32 Å². The van der Waals surface area contributed by atoms with Gasteiger partial charge in [-0.05, 0) is 23.8 Å². The molecule has 19 heavy (non-hydrogen) atoms. The molecule has 5 heteroatoms. The Morgan fingerprint density at radius 1 is 1.00 bits per heavy atom. The van der Waals surface area contributed by atoms with E-state index in [1.165, 1.54) is 0 Å². The maximum atomic E-state index is 4.28. The Labute approximate surface area is 117 Å². The van der Waals surface area contributed by atoms with Crippen molar-refractivity contribution >= 4 is 29.1 Å². The van der Waals surface area contributed by atoms with Gasteiger partial charge in [0.25, 0.3) is 0 Å². The fourth-order valence-corrected chi connectivity index (χ4v) is 1.83. The van der Waals surface area contributed by atoms with Crippen molar-refractivity contribution in [3.8, 4) is 0 Å². The van der Waals surface area contributed by atoms with Crippen LogP contribution in [0.3, 0.4) is 0 Å². The molecule has 1 aromatic carbocycles. The highest BCUT2D eigenvalue weighted by atomic mass is 35.5. The molecule has 1 N–H and O–H groups in total. The normalized spacial score (nSPS) is 9.89. The minimum atomic E-state index is 0. The van der Waals surface area contributed by atoms with Crippen molar-refractivity contribution in [2.75, 3.05) is 5.32 Å². The summed E-state index contributed by atoms with van der Waals surface area (Å²) in [7, 11) is 0. The lowest BCUT2D eigenvalue weighted by atomic mass is 10.2. The van der Waals surface area contributed by atoms with Gasteiger partial charge in [0.15, 0.2) is 0 Å². The maximum absolute atomic E-state index is 4.28. The molecule has 0 aliphatic heterocycles. The van der Waals surface area contributed by atoms with Gasteiger partial charge in [-0.25, -0.2) is 9.97 Å². The molecule has 0 bridgehead atoms. The minimum Gasteiger partial charge on any atom is -0.365 e. The first-order valence-corrected chi connectivity index (χ1v) is 5.76. The van der Waals surface area contributed by atoms with Gasteiger partial charge in [-0.3, -0.25) is 4.98 Å². The molecule has 0 fully saturated rings. The van der Waals surface area contributed by atoms with Crippen molar-refractivity contribution in [2.45, 2.75) is 6.54 Å². The zero-order valence-electron chi connectivity index (χ0n) is 10.2. The van der Waals surface area contributed by atoms with E-state index in [-0.39, 0.29) is 12.4 Å². The van der Waals surface area contributed by atoms with Gasteiger partial charge in [0.05, 0.1) is 5.52 Å². The number of halogens is 1. The molecule has 0 atom stereocenters. The minimum absolute atomic E-state index is 0. The van der Waals surface area contributed by atoms with Crippen LogP contribution in [0.25, 0.3) is 10.9 Å². The molecule has 0 aliphatic rings. The van der Waals surface area contributed by atoms with E-state index in [1.54, 1.807) is 12.5 Å². The Kier molecular flexibility index (Phi) is 4.26. The molecule has 0 amide bonds. The molecule has 0 aliphatic carbocycles. The van der Waals surface area contributed by atoms with Crippen LogP contribution in [0.5, 0.6) is 0 Å². The number of anilines is 1. The highest BCUT2D eigenvalue weighted by molar-refractivity contribution is 5.88. The highest BCUT2D eigenvalue weighted by Gasteiger charge is 2.02. The second-order valence-electron chi connectivity index (χ2n) is 3.95. The first-order chi connectivity index (χ1) is 8.93. The largest absolute Gasteiger partial charge is 0.365 e. The molecule has 3 rings (SSSR count). The van der Waals surface area contributed by atoms with Crippen LogP contribution < -0.4 is 5.32 Å². The van der Waals surface area contributed by atoms with Crippen LogP contribution in [0.1, 0.15) is 5.56 Å². The second kappa shape index (κ2) is 6.11. The smallest absolute Gasteiger partial charge is 0.137 e. The summed E-state index contributed by atoms with van der Waals surface area (Å²) in [5.74, 6) is 0.851. The van der Waals surface area contributed by atoms with Crippen molar-refractivity contribution in [3.63, 3.8) is 0 Å². The van der Waals surface area contributed by atoms with Crippen molar-refractivity contribution in [2.24, 2.45) is 0 Å². The zero-order valence-corrected chi connectivity index (χ0v) is 11.0. The lowest BCUT2D eigenvalue weighted by molar-refractivity contribution is 1.08. The first kappa shape index (κ1) is 13.2. The van der Waals surface area contributed by atoms with Crippen LogP contribution in [0.4, 0.5) is 5.82 Å². The molecule has 3 aromatic rings. The average molecular weight is 273 g/mol. The number of pyridine rings is 1. The van der Waals surface area contributed by atoms with E-state index < -0.39 is 0 Å². The summed E-state index contributed by atoms with van der Waals surface area (Å²) in [6, 6.07) is 11.9. The van der Waals surface area contributed by atoms with Gasteiger partial charge >= 0.3 is 0 Å². The monoisotopic (exact) mass is 272 g/mol. The lowest BCUT2D eigenvalue weighted by Crippen LogP contribution is -2.02.